The summed E-state index contributed by atoms with van der Waals surface area (Å²) in [7, 11) is 0. The molecule has 7 heteroatoms. The van der Waals surface area contributed by atoms with E-state index in [1.807, 2.05) is 15.9 Å². The summed E-state index contributed by atoms with van der Waals surface area (Å²) in [5.41, 5.74) is 2.72. The number of nitrogens with one attached hydrogen (secondary N) is 1. The molecule has 1 spiro atoms. The molecule has 2 bridgehead atoms. The third-order valence-electron chi connectivity index (χ3n) is 7.76. The lowest BCUT2D eigenvalue weighted by atomic mass is 9.76. The molecule has 2 amide bonds. The fourth-order valence-electron chi connectivity index (χ4n) is 5.92. The Labute approximate surface area is 177 Å². The van der Waals surface area contributed by atoms with Gasteiger partial charge in [-0.25, -0.2) is 0 Å². The van der Waals surface area contributed by atoms with Gasteiger partial charge in [-0.1, -0.05) is 45.8 Å². The van der Waals surface area contributed by atoms with Crippen LogP contribution in [0.5, 0.6) is 0 Å². The van der Waals surface area contributed by atoms with Gasteiger partial charge in [0.05, 0.1) is 30.2 Å². The minimum atomic E-state index is -0.612. The van der Waals surface area contributed by atoms with Gasteiger partial charge in [0.2, 0.25) is 11.8 Å². The van der Waals surface area contributed by atoms with E-state index in [-0.39, 0.29) is 23.8 Å². The number of carbonyl (C=O) groups excluding carboxylic acids is 2. The van der Waals surface area contributed by atoms with Crippen molar-refractivity contribution in [3.8, 4) is 0 Å². The van der Waals surface area contributed by atoms with Gasteiger partial charge in [0.1, 0.15) is 5.60 Å². The van der Waals surface area contributed by atoms with Crippen LogP contribution in [0.1, 0.15) is 50.6 Å². The highest BCUT2D eigenvalue weighted by molar-refractivity contribution is 5.93. The molecule has 2 saturated heterocycles. The molecule has 4 aliphatic rings. The highest BCUT2D eigenvalue weighted by Crippen LogP contribution is 2.52. The minimum absolute atomic E-state index is 0.0582. The summed E-state index contributed by atoms with van der Waals surface area (Å²) in [5.74, 6) is -0.141. The van der Waals surface area contributed by atoms with Gasteiger partial charge in [0.25, 0.3) is 0 Å². The van der Waals surface area contributed by atoms with Crippen molar-refractivity contribution < 1.29 is 14.3 Å². The predicted molar refractivity (Wildman–Crippen MR) is 111 cm³/mol. The highest BCUT2D eigenvalue weighted by Gasteiger charge is 2.67. The second kappa shape index (κ2) is 7.22. The summed E-state index contributed by atoms with van der Waals surface area (Å²) in [4.78, 5) is 31.0. The maximum absolute atomic E-state index is 13.7. The van der Waals surface area contributed by atoms with Crippen molar-refractivity contribution in [3.05, 3.63) is 29.1 Å². The van der Waals surface area contributed by atoms with Crippen molar-refractivity contribution in [2.75, 3.05) is 19.6 Å². The number of nitrogens with zero attached hydrogens (tertiary/aromatic N) is 3. The monoisotopic (exact) mass is 412 g/mol. The van der Waals surface area contributed by atoms with Crippen LogP contribution in [0.4, 0.5) is 0 Å². The van der Waals surface area contributed by atoms with Crippen LogP contribution in [-0.4, -0.2) is 63.2 Å². The number of aromatic amines is 1. The number of H-pyrrole nitrogens is 1. The summed E-state index contributed by atoms with van der Waals surface area (Å²) >= 11 is 0. The number of likely N-dealkylation sites (tertiary alicyclic amines) is 1. The first kappa shape index (κ1) is 19.8. The number of carbonyl (C=O) groups is 2. The highest BCUT2D eigenvalue weighted by atomic mass is 16.5. The van der Waals surface area contributed by atoms with Crippen molar-refractivity contribution in [3.63, 3.8) is 0 Å². The molecule has 1 N–H and O–H groups in total. The third kappa shape index (κ3) is 2.77. The number of amides is 2. The lowest BCUT2D eigenvalue weighted by Crippen LogP contribution is -2.47. The summed E-state index contributed by atoms with van der Waals surface area (Å²) < 4.78 is 6.32. The van der Waals surface area contributed by atoms with Crippen LogP contribution in [-0.2, 0) is 33.7 Å². The molecular formula is C23H32N4O3. The molecule has 162 valence electrons. The average molecular weight is 413 g/mol. The van der Waals surface area contributed by atoms with Crippen LogP contribution in [0, 0.1) is 17.8 Å². The van der Waals surface area contributed by atoms with Crippen LogP contribution >= 0.6 is 0 Å². The van der Waals surface area contributed by atoms with Crippen molar-refractivity contribution in [1.82, 2.24) is 20.0 Å². The molecule has 0 radical (unpaired) electrons. The predicted octanol–water partition coefficient (Wildman–Crippen LogP) is 2.07. The Morgan fingerprint density at radius 3 is 2.90 bits per heavy atom. The zero-order valence-electron chi connectivity index (χ0n) is 18.2. The first-order chi connectivity index (χ1) is 14.5. The Kier molecular flexibility index (Phi) is 4.76. The molecule has 5 heterocycles. The molecule has 0 saturated carbocycles. The van der Waals surface area contributed by atoms with Gasteiger partial charge in [-0.15, -0.1) is 0 Å². The minimum Gasteiger partial charge on any atom is -0.360 e. The van der Waals surface area contributed by atoms with Gasteiger partial charge < -0.3 is 14.5 Å². The van der Waals surface area contributed by atoms with Gasteiger partial charge in [0, 0.05) is 37.3 Å². The Hall–Kier alpha value is -2.15. The van der Waals surface area contributed by atoms with Gasteiger partial charge in [-0.05, 0) is 12.3 Å². The van der Waals surface area contributed by atoms with E-state index < -0.39 is 11.5 Å². The van der Waals surface area contributed by atoms with Crippen LogP contribution in [0.15, 0.2) is 12.2 Å². The van der Waals surface area contributed by atoms with E-state index in [4.69, 9.17) is 4.74 Å². The van der Waals surface area contributed by atoms with Gasteiger partial charge in [-0.3, -0.25) is 14.7 Å². The number of hydrogen-bond acceptors (Lipinski definition) is 4. The van der Waals surface area contributed by atoms with E-state index in [2.05, 4.69) is 37.0 Å². The second-order valence-corrected chi connectivity index (χ2v) is 9.29. The largest absolute Gasteiger partial charge is 0.360 e. The van der Waals surface area contributed by atoms with Crippen molar-refractivity contribution in [2.45, 2.75) is 64.7 Å². The first-order valence-electron chi connectivity index (χ1n) is 11.5. The first-order valence-corrected chi connectivity index (χ1v) is 11.5. The molecule has 4 aliphatic heterocycles. The summed E-state index contributed by atoms with van der Waals surface area (Å²) in [5, 5.41) is 7.53. The van der Waals surface area contributed by atoms with Gasteiger partial charge >= 0.3 is 0 Å². The number of aryl methyl sites for hydroxylation is 1. The molecule has 1 aromatic heterocycles. The average Bonchev–Trinajstić information content (AvgIpc) is 3.50. The Morgan fingerprint density at radius 2 is 2.17 bits per heavy atom. The molecule has 30 heavy (non-hydrogen) atoms. The molecule has 2 fully saturated rings. The lowest BCUT2D eigenvalue weighted by Gasteiger charge is -2.32. The zero-order valence-corrected chi connectivity index (χ0v) is 18.2. The van der Waals surface area contributed by atoms with E-state index in [9.17, 15) is 9.59 Å². The SMILES string of the molecule is CCc1n[nH]c2c1CN(C(=O)C1C3C(=O)N(CC(CC)CC)C[C@@]34C=C[C@@H]1O4)CC2. The summed E-state index contributed by atoms with van der Waals surface area (Å²) in [6.07, 6.45) is 7.53. The topological polar surface area (TPSA) is 78.5 Å². The lowest BCUT2D eigenvalue weighted by molar-refractivity contribution is -0.144. The Balaban J connectivity index is 1.37. The van der Waals surface area contributed by atoms with Crippen LogP contribution in [0.25, 0.3) is 0 Å². The fourth-order valence-corrected chi connectivity index (χ4v) is 5.92. The Morgan fingerprint density at radius 1 is 1.37 bits per heavy atom. The van der Waals surface area contributed by atoms with Crippen LogP contribution < -0.4 is 0 Å². The third-order valence-corrected chi connectivity index (χ3v) is 7.76. The fraction of sp³-hybridized carbons (Fsp3) is 0.696. The Bertz CT molecular complexity index is 876. The molecule has 4 atom stereocenters. The number of fused-ring (bicyclic) bond motifs is 2. The van der Waals surface area contributed by atoms with Crippen molar-refractivity contribution in [2.24, 2.45) is 17.8 Å². The molecule has 2 unspecified atom stereocenters. The number of aromatic nitrogens is 2. The maximum atomic E-state index is 13.7. The molecule has 0 aromatic carbocycles. The van der Waals surface area contributed by atoms with Crippen LogP contribution in [0.3, 0.4) is 0 Å². The van der Waals surface area contributed by atoms with E-state index in [0.717, 1.165) is 49.2 Å². The van der Waals surface area contributed by atoms with E-state index in [1.54, 1.807) is 0 Å². The quantitative estimate of drug-likeness (QED) is 0.726. The number of hydrogen-bond donors (Lipinski definition) is 1. The molecule has 7 nitrogen and oxygen atoms in total. The smallest absolute Gasteiger partial charge is 0.230 e. The molecule has 5 rings (SSSR count). The molecule has 0 aliphatic carbocycles. The van der Waals surface area contributed by atoms with E-state index >= 15 is 0 Å². The summed E-state index contributed by atoms with van der Waals surface area (Å²) in [6, 6.07) is 0. The molecule has 1 aromatic rings. The van der Waals surface area contributed by atoms with Gasteiger partial charge in [0.15, 0.2) is 0 Å². The second-order valence-electron chi connectivity index (χ2n) is 9.29. The maximum Gasteiger partial charge on any atom is 0.230 e. The number of ether oxygens (including phenoxy) is 1. The number of rotatable bonds is 6. The van der Waals surface area contributed by atoms with Gasteiger partial charge in [-0.2, -0.15) is 5.10 Å². The van der Waals surface area contributed by atoms with Crippen molar-refractivity contribution in [1.29, 1.82) is 0 Å². The van der Waals surface area contributed by atoms with E-state index in [1.165, 1.54) is 0 Å². The molecular weight excluding hydrogens is 380 g/mol. The summed E-state index contributed by atoms with van der Waals surface area (Å²) in [6.45, 7) is 9.01. The zero-order chi connectivity index (χ0) is 21.0. The van der Waals surface area contributed by atoms with Crippen LogP contribution in [0.2, 0.25) is 0 Å². The van der Waals surface area contributed by atoms with Crippen molar-refractivity contribution >= 4 is 11.8 Å². The van der Waals surface area contributed by atoms with E-state index in [0.29, 0.717) is 25.6 Å². The standard InChI is InChI=1S/C23H32N4O3/c1-4-14(5-2)11-27-13-23-9-7-18(30-23)19(20(23)22(27)29)21(28)26-10-8-17-15(12-26)16(6-3)24-25-17/h7,9,14,18-20H,4-6,8,10-13H2,1-3H3,(H,24,25)/t18-,19?,20?,23-/m0/s1. The normalized spacial score (nSPS) is 31.7.